The number of para-hydroxylation sites is 1. The first-order valence-corrected chi connectivity index (χ1v) is 6.79. The molecule has 0 saturated carbocycles. The first-order valence-electron chi connectivity index (χ1n) is 6.79. The van der Waals surface area contributed by atoms with Gasteiger partial charge in [-0.05, 0) is 17.5 Å². The zero-order valence-corrected chi connectivity index (χ0v) is 12.0. The van der Waals surface area contributed by atoms with Gasteiger partial charge >= 0.3 is 0 Å². The molecule has 1 aromatic carbocycles. The summed E-state index contributed by atoms with van der Waals surface area (Å²) in [6, 6.07) is 7.63. The Morgan fingerprint density at radius 3 is 2.70 bits per heavy atom. The standard InChI is InChI=1S/C14H22N6/c1-10(2)8-20-14(17-9-18-20)7-13(19-16)11-5-3-4-6-12(11)15/h3-6,9-10,13,19H,7-8,15-16H2,1-2H3. The smallest absolute Gasteiger partial charge is 0.138 e. The number of aromatic nitrogens is 3. The molecule has 108 valence electrons. The summed E-state index contributed by atoms with van der Waals surface area (Å²) in [6.45, 7) is 5.15. The fourth-order valence-electron chi connectivity index (χ4n) is 2.21. The summed E-state index contributed by atoms with van der Waals surface area (Å²) in [5, 5.41) is 4.27. The van der Waals surface area contributed by atoms with E-state index in [0.717, 1.165) is 23.6 Å². The molecule has 5 N–H and O–H groups in total. The highest BCUT2D eigenvalue weighted by Crippen LogP contribution is 2.22. The number of nitrogens with two attached hydrogens (primary N) is 2. The van der Waals surface area contributed by atoms with Crippen LogP contribution in [0.1, 0.15) is 31.3 Å². The summed E-state index contributed by atoms with van der Waals surface area (Å²) in [5.41, 5.74) is 10.5. The van der Waals surface area contributed by atoms with E-state index in [1.807, 2.05) is 28.9 Å². The van der Waals surface area contributed by atoms with E-state index in [4.69, 9.17) is 11.6 Å². The maximum absolute atomic E-state index is 6.01. The Bertz CT molecular complexity index is 548. The third-order valence-electron chi connectivity index (χ3n) is 3.19. The third-order valence-corrected chi connectivity index (χ3v) is 3.19. The van der Waals surface area contributed by atoms with E-state index in [-0.39, 0.29) is 6.04 Å². The van der Waals surface area contributed by atoms with Crippen LogP contribution in [0.2, 0.25) is 0 Å². The van der Waals surface area contributed by atoms with Gasteiger partial charge in [0, 0.05) is 18.7 Å². The summed E-state index contributed by atoms with van der Waals surface area (Å²) in [6.07, 6.45) is 2.23. The summed E-state index contributed by atoms with van der Waals surface area (Å²) in [5.74, 6) is 7.10. The van der Waals surface area contributed by atoms with Gasteiger partial charge in [0.15, 0.2) is 0 Å². The molecule has 0 aliphatic rings. The van der Waals surface area contributed by atoms with E-state index in [1.165, 1.54) is 0 Å². The molecule has 0 radical (unpaired) electrons. The van der Waals surface area contributed by atoms with E-state index in [2.05, 4.69) is 29.4 Å². The van der Waals surface area contributed by atoms with Gasteiger partial charge in [0.05, 0.1) is 6.04 Å². The van der Waals surface area contributed by atoms with Gasteiger partial charge in [-0.3, -0.25) is 11.3 Å². The first kappa shape index (κ1) is 14.5. The molecular formula is C14H22N6. The van der Waals surface area contributed by atoms with Gasteiger partial charge in [-0.2, -0.15) is 5.10 Å². The second-order valence-electron chi connectivity index (χ2n) is 5.30. The van der Waals surface area contributed by atoms with E-state index < -0.39 is 0 Å². The molecule has 2 rings (SSSR count). The molecule has 2 aromatic rings. The summed E-state index contributed by atoms with van der Waals surface area (Å²) in [4.78, 5) is 4.33. The van der Waals surface area contributed by atoms with Gasteiger partial charge in [-0.15, -0.1) is 0 Å². The van der Waals surface area contributed by atoms with Crippen molar-refractivity contribution in [1.29, 1.82) is 0 Å². The zero-order chi connectivity index (χ0) is 14.5. The minimum atomic E-state index is -0.0775. The highest BCUT2D eigenvalue weighted by molar-refractivity contribution is 5.48. The Morgan fingerprint density at radius 2 is 2.05 bits per heavy atom. The first-order chi connectivity index (χ1) is 9.61. The van der Waals surface area contributed by atoms with Gasteiger partial charge in [-0.25, -0.2) is 9.67 Å². The van der Waals surface area contributed by atoms with Crippen LogP contribution in [0, 0.1) is 5.92 Å². The minimum Gasteiger partial charge on any atom is -0.398 e. The predicted octanol–water partition coefficient (Wildman–Crippen LogP) is 1.26. The van der Waals surface area contributed by atoms with E-state index in [0.29, 0.717) is 12.3 Å². The van der Waals surface area contributed by atoms with Crippen molar-refractivity contribution in [3.05, 3.63) is 42.0 Å². The Kier molecular flexibility index (Phi) is 4.70. The molecular weight excluding hydrogens is 252 g/mol. The van der Waals surface area contributed by atoms with Crippen molar-refractivity contribution < 1.29 is 0 Å². The molecule has 6 heteroatoms. The fraction of sp³-hybridized carbons (Fsp3) is 0.429. The third kappa shape index (κ3) is 3.34. The van der Waals surface area contributed by atoms with Gasteiger partial charge < -0.3 is 5.73 Å². The fourth-order valence-corrected chi connectivity index (χ4v) is 2.21. The lowest BCUT2D eigenvalue weighted by Crippen LogP contribution is -2.31. The molecule has 0 aliphatic heterocycles. The van der Waals surface area contributed by atoms with Crippen molar-refractivity contribution in [3.8, 4) is 0 Å². The normalized spacial score (nSPS) is 12.8. The predicted molar refractivity (Wildman–Crippen MR) is 79.5 cm³/mol. The number of nitrogen functional groups attached to an aromatic ring is 1. The van der Waals surface area contributed by atoms with Gasteiger partial charge in [0.2, 0.25) is 0 Å². The van der Waals surface area contributed by atoms with Crippen molar-refractivity contribution in [1.82, 2.24) is 20.2 Å². The van der Waals surface area contributed by atoms with E-state index in [9.17, 15) is 0 Å². The topological polar surface area (TPSA) is 94.8 Å². The molecule has 0 fully saturated rings. The number of nitrogens with one attached hydrogen (secondary N) is 1. The molecule has 6 nitrogen and oxygen atoms in total. The second-order valence-corrected chi connectivity index (χ2v) is 5.30. The Balaban J connectivity index is 2.19. The van der Waals surface area contributed by atoms with E-state index >= 15 is 0 Å². The van der Waals surface area contributed by atoms with Crippen LogP contribution in [-0.2, 0) is 13.0 Å². The molecule has 20 heavy (non-hydrogen) atoms. The molecule has 0 aliphatic carbocycles. The van der Waals surface area contributed by atoms with Crippen LogP contribution >= 0.6 is 0 Å². The van der Waals surface area contributed by atoms with Gasteiger partial charge in [-0.1, -0.05) is 32.0 Å². The largest absolute Gasteiger partial charge is 0.398 e. The van der Waals surface area contributed by atoms with Crippen molar-refractivity contribution >= 4 is 5.69 Å². The van der Waals surface area contributed by atoms with Crippen molar-refractivity contribution in [3.63, 3.8) is 0 Å². The average Bonchev–Trinajstić information content (AvgIpc) is 2.83. The second kappa shape index (κ2) is 6.49. The van der Waals surface area contributed by atoms with Crippen LogP contribution in [0.5, 0.6) is 0 Å². The summed E-state index contributed by atoms with van der Waals surface area (Å²) in [7, 11) is 0. The maximum atomic E-state index is 6.01. The van der Waals surface area contributed by atoms with Crippen LogP contribution < -0.4 is 17.0 Å². The number of benzene rings is 1. The van der Waals surface area contributed by atoms with Crippen molar-refractivity contribution in [2.24, 2.45) is 11.8 Å². The molecule has 0 amide bonds. The molecule has 1 aromatic heterocycles. The Morgan fingerprint density at radius 1 is 1.30 bits per heavy atom. The van der Waals surface area contributed by atoms with E-state index in [1.54, 1.807) is 6.33 Å². The highest BCUT2D eigenvalue weighted by atomic mass is 15.3. The number of nitrogens with zero attached hydrogens (tertiary/aromatic N) is 3. The number of hydrogen-bond acceptors (Lipinski definition) is 5. The van der Waals surface area contributed by atoms with Gasteiger partial charge in [0.25, 0.3) is 0 Å². The Hall–Kier alpha value is -1.92. The number of hydrogen-bond donors (Lipinski definition) is 3. The van der Waals surface area contributed by atoms with Crippen LogP contribution in [0.3, 0.4) is 0 Å². The lowest BCUT2D eigenvalue weighted by Gasteiger charge is -2.18. The monoisotopic (exact) mass is 274 g/mol. The number of anilines is 1. The quantitative estimate of drug-likeness (QED) is 0.419. The Labute approximate surface area is 119 Å². The van der Waals surface area contributed by atoms with Crippen LogP contribution in [-0.4, -0.2) is 14.8 Å². The summed E-state index contributed by atoms with van der Waals surface area (Å²) < 4.78 is 1.92. The number of hydrazine groups is 1. The molecule has 0 saturated heterocycles. The number of rotatable bonds is 6. The molecule has 1 unspecified atom stereocenters. The average molecular weight is 274 g/mol. The van der Waals surface area contributed by atoms with Crippen LogP contribution in [0.15, 0.2) is 30.6 Å². The molecule has 1 atom stereocenters. The highest BCUT2D eigenvalue weighted by Gasteiger charge is 2.17. The molecule has 0 spiro atoms. The molecule has 1 heterocycles. The SMILES string of the molecule is CC(C)Cn1ncnc1CC(NN)c1ccccc1N. The van der Waals surface area contributed by atoms with Crippen LogP contribution in [0.4, 0.5) is 5.69 Å². The zero-order valence-electron chi connectivity index (χ0n) is 12.0. The lowest BCUT2D eigenvalue weighted by molar-refractivity contribution is 0.447. The van der Waals surface area contributed by atoms with Crippen LogP contribution in [0.25, 0.3) is 0 Å². The molecule has 0 bridgehead atoms. The van der Waals surface area contributed by atoms with Crippen molar-refractivity contribution in [2.45, 2.75) is 32.9 Å². The summed E-state index contributed by atoms with van der Waals surface area (Å²) >= 11 is 0. The minimum absolute atomic E-state index is 0.0775. The van der Waals surface area contributed by atoms with Gasteiger partial charge in [0.1, 0.15) is 12.2 Å². The maximum Gasteiger partial charge on any atom is 0.138 e. The van der Waals surface area contributed by atoms with Crippen molar-refractivity contribution in [2.75, 3.05) is 5.73 Å². The lowest BCUT2D eigenvalue weighted by atomic mass is 10.0.